The van der Waals surface area contributed by atoms with Crippen LogP contribution in [0.4, 0.5) is 22.9 Å². The van der Waals surface area contributed by atoms with Crippen molar-refractivity contribution in [3.05, 3.63) is 64.3 Å². The van der Waals surface area contributed by atoms with E-state index in [-0.39, 0.29) is 22.7 Å². The number of hydrogen-bond donors (Lipinski definition) is 2. The summed E-state index contributed by atoms with van der Waals surface area (Å²) in [4.78, 5) is 4.69. The number of para-hydroxylation sites is 1. The lowest BCUT2D eigenvalue weighted by Crippen LogP contribution is -2.39. The second kappa shape index (κ2) is 12.3. The fourth-order valence-corrected chi connectivity index (χ4v) is 8.46. The lowest BCUT2D eigenvalue weighted by Gasteiger charge is -2.33. The topological polar surface area (TPSA) is 118 Å². The van der Waals surface area contributed by atoms with Crippen molar-refractivity contribution in [2.45, 2.75) is 76.0 Å². The first kappa shape index (κ1) is 31.6. The minimum Gasteiger partial charge on any atom is -0.488 e. The Morgan fingerprint density at radius 1 is 1.05 bits per heavy atom. The van der Waals surface area contributed by atoms with Gasteiger partial charge >= 0.3 is 0 Å². The molecular weight excluding hydrogens is 608 g/mol. The summed E-state index contributed by atoms with van der Waals surface area (Å²) in [5.41, 5.74) is 5.27. The first-order chi connectivity index (χ1) is 20.3. The Bertz CT molecular complexity index is 1740. The van der Waals surface area contributed by atoms with Crippen molar-refractivity contribution in [2.75, 3.05) is 29.5 Å². The number of halogens is 1. The average molecular weight is 647 g/mol. The predicted molar refractivity (Wildman–Crippen MR) is 173 cm³/mol. The number of nitrogens with one attached hydrogen (secondary N) is 2. The van der Waals surface area contributed by atoms with Gasteiger partial charge in [0.2, 0.25) is 10.0 Å². The molecule has 1 aromatic heterocycles. The maximum atomic E-state index is 13.0. The minimum absolute atomic E-state index is 0.00599. The van der Waals surface area contributed by atoms with E-state index in [1.807, 2.05) is 6.92 Å². The monoisotopic (exact) mass is 646 g/mol. The van der Waals surface area contributed by atoms with Gasteiger partial charge in [-0.25, -0.2) is 26.1 Å². The fourth-order valence-electron chi connectivity index (χ4n) is 5.97. The molecule has 0 radical (unpaired) electrons. The molecule has 12 heteroatoms. The zero-order valence-corrected chi connectivity index (χ0v) is 27.5. The minimum atomic E-state index is -3.53. The van der Waals surface area contributed by atoms with E-state index in [4.69, 9.17) is 16.3 Å². The molecule has 2 aliphatic heterocycles. The fraction of sp³-hybridized carbons (Fsp3) is 0.452. The Morgan fingerprint density at radius 3 is 2.42 bits per heavy atom. The summed E-state index contributed by atoms with van der Waals surface area (Å²) in [6, 6.07) is 10.6. The van der Waals surface area contributed by atoms with E-state index in [1.54, 1.807) is 55.4 Å². The molecule has 1 atom stereocenters. The number of ether oxygens (including phenoxy) is 1. The number of sulfone groups is 1. The molecule has 0 saturated carbocycles. The Balaban J connectivity index is 1.43. The van der Waals surface area contributed by atoms with E-state index in [1.165, 1.54) is 11.8 Å². The van der Waals surface area contributed by atoms with Gasteiger partial charge in [-0.2, -0.15) is 0 Å². The Labute approximate surface area is 260 Å². The van der Waals surface area contributed by atoms with Crippen molar-refractivity contribution < 1.29 is 21.6 Å². The number of rotatable bonds is 9. The van der Waals surface area contributed by atoms with Crippen molar-refractivity contribution in [1.29, 1.82) is 0 Å². The highest BCUT2D eigenvalue weighted by atomic mass is 35.5. The molecule has 5 rings (SSSR count). The third-order valence-electron chi connectivity index (χ3n) is 8.26. The quantitative estimate of drug-likeness (QED) is 0.268. The summed E-state index contributed by atoms with van der Waals surface area (Å²) in [5.74, 6) is 1.69. The van der Waals surface area contributed by atoms with Gasteiger partial charge in [0.1, 0.15) is 17.7 Å². The van der Waals surface area contributed by atoms with Gasteiger partial charge in [-0.15, -0.1) is 0 Å². The van der Waals surface area contributed by atoms with E-state index in [2.05, 4.69) is 28.6 Å². The largest absolute Gasteiger partial charge is 0.488 e. The van der Waals surface area contributed by atoms with Crippen LogP contribution in [0.2, 0.25) is 5.02 Å². The van der Waals surface area contributed by atoms with Gasteiger partial charge in [0, 0.05) is 31.1 Å². The maximum Gasteiger partial charge on any atom is 0.213 e. The molecule has 232 valence electrons. The van der Waals surface area contributed by atoms with Gasteiger partial charge in [-0.05, 0) is 82.7 Å². The Morgan fingerprint density at radius 2 is 1.74 bits per heavy atom. The Kier molecular flexibility index (Phi) is 9.00. The number of aromatic nitrogens is 1. The zero-order valence-electron chi connectivity index (χ0n) is 25.1. The summed E-state index contributed by atoms with van der Waals surface area (Å²) in [6.07, 6.45) is 3.85. The van der Waals surface area contributed by atoms with Crippen molar-refractivity contribution in [3.63, 3.8) is 0 Å². The second-order valence-electron chi connectivity index (χ2n) is 11.6. The van der Waals surface area contributed by atoms with Gasteiger partial charge < -0.3 is 15.4 Å². The summed E-state index contributed by atoms with van der Waals surface area (Å²) in [7, 11) is -6.72. The number of hydrogen-bond acceptors (Lipinski definition) is 8. The molecule has 0 spiro atoms. The second-order valence-corrected chi connectivity index (χ2v) is 16.7. The van der Waals surface area contributed by atoms with Gasteiger partial charge in [0.25, 0.3) is 0 Å². The standard InChI is InChI=1S/C31H39ClN4O5S2/c1-6-42(37,38)36-13-11-22(12-14-36)30-20(4)15-27(31-23(30)16-21(5)41-31)35-29-17-26(24(32)18-33-29)34-25-9-7-8-10-28(25)43(39,40)19(2)3/h7-10,15,17-19,21-22H,6,11-14,16H2,1-5H3,(H2,33,34,35)/t21-/m1/s1. The molecule has 0 unspecified atom stereocenters. The molecule has 0 aliphatic carbocycles. The first-order valence-corrected chi connectivity index (χ1v) is 18.2. The summed E-state index contributed by atoms with van der Waals surface area (Å²) < 4.78 is 58.7. The maximum absolute atomic E-state index is 13.0. The van der Waals surface area contributed by atoms with Crippen LogP contribution in [-0.2, 0) is 26.3 Å². The number of piperidine rings is 1. The summed E-state index contributed by atoms with van der Waals surface area (Å²) in [5, 5.41) is 6.38. The van der Waals surface area contributed by atoms with E-state index in [0.717, 1.165) is 41.8 Å². The lowest BCUT2D eigenvalue weighted by molar-refractivity contribution is 0.256. The van der Waals surface area contributed by atoms with Crippen LogP contribution in [0.1, 0.15) is 63.1 Å². The summed E-state index contributed by atoms with van der Waals surface area (Å²) >= 11 is 6.50. The molecule has 0 amide bonds. The molecule has 1 fully saturated rings. The van der Waals surface area contributed by atoms with Gasteiger partial charge in [0.15, 0.2) is 9.84 Å². The number of sulfonamides is 1. The summed E-state index contributed by atoms with van der Waals surface area (Å²) in [6.45, 7) is 10.2. The molecule has 0 bridgehead atoms. The van der Waals surface area contributed by atoms with E-state index < -0.39 is 25.1 Å². The molecule has 3 heterocycles. The normalized spacial score (nSPS) is 18.0. The number of fused-ring (bicyclic) bond motifs is 1. The lowest BCUT2D eigenvalue weighted by atomic mass is 9.83. The molecule has 2 aliphatic rings. The first-order valence-electron chi connectivity index (χ1n) is 14.6. The number of pyridine rings is 1. The smallest absolute Gasteiger partial charge is 0.213 e. The predicted octanol–water partition coefficient (Wildman–Crippen LogP) is 6.57. The molecule has 9 nitrogen and oxygen atoms in total. The van der Waals surface area contributed by atoms with E-state index >= 15 is 0 Å². The third-order valence-corrected chi connectivity index (χ3v) is 12.7. The van der Waals surface area contributed by atoms with Crippen LogP contribution in [0, 0.1) is 6.92 Å². The van der Waals surface area contributed by atoms with Crippen molar-refractivity contribution in [2.24, 2.45) is 0 Å². The van der Waals surface area contributed by atoms with Crippen LogP contribution in [0.3, 0.4) is 0 Å². The number of nitrogens with zero attached hydrogens (tertiary/aromatic N) is 2. The molecular formula is C31H39ClN4O5S2. The van der Waals surface area contributed by atoms with Crippen LogP contribution >= 0.6 is 11.6 Å². The van der Waals surface area contributed by atoms with E-state index in [0.29, 0.717) is 35.3 Å². The highest BCUT2D eigenvalue weighted by Crippen LogP contribution is 2.46. The average Bonchev–Trinajstić information content (AvgIpc) is 3.36. The molecule has 3 aromatic rings. The van der Waals surface area contributed by atoms with Gasteiger partial charge in [-0.1, -0.05) is 23.7 Å². The molecule has 43 heavy (non-hydrogen) atoms. The molecule has 1 saturated heterocycles. The van der Waals surface area contributed by atoms with Crippen LogP contribution in [0.15, 0.2) is 47.5 Å². The van der Waals surface area contributed by atoms with Gasteiger partial charge in [-0.3, -0.25) is 0 Å². The van der Waals surface area contributed by atoms with Crippen LogP contribution in [0.5, 0.6) is 5.75 Å². The number of benzene rings is 2. The Hall–Kier alpha value is -2.86. The van der Waals surface area contributed by atoms with Crippen molar-refractivity contribution in [1.82, 2.24) is 9.29 Å². The van der Waals surface area contributed by atoms with Gasteiger partial charge in [0.05, 0.1) is 44.2 Å². The van der Waals surface area contributed by atoms with Crippen molar-refractivity contribution >= 4 is 54.3 Å². The number of aryl methyl sites for hydroxylation is 1. The highest BCUT2D eigenvalue weighted by Gasteiger charge is 2.34. The SMILES string of the molecule is CCS(=O)(=O)N1CCC(c2c(C)cc(Nc3cc(Nc4ccccc4S(=O)(=O)C(C)C)c(Cl)cn3)c3c2C[C@@H](C)O3)CC1. The highest BCUT2D eigenvalue weighted by molar-refractivity contribution is 7.92. The third kappa shape index (κ3) is 6.36. The number of anilines is 4. The van der Waals surface area contributed by atoms with Crippen LogP contribution in [-0.4, -0.2) is 56.3 Å². The molecule has 2 aromatic carbocycles. The zero-order chi connectivity index (χ0) is 31.1. The van der Waals surface area contributed by atoms with Crippen LogP contribution < -0.4 is 15.4 Å². The van der Waals surface area contributed by atoms with Crippen molar-refractivity contribution in [3.8, 4) is 5.75 Å². The van der Waals surface area contributed by atoms with E-state index in [9.17, 15) is 16.8 Å². The molecule has 2 N–H and O–H groups in total. The van der Waals surface area contributed by atoms with Crippen LogP contribution in [0.25, 0.3) is 0 Å².